The highest BCUT2D eigenvalue weighted by molar-refractivity contribution is 9.11. The van der Waals surface area contributed by atoms with Crippen molar-refractivity contribution < 1.29 is 4.74 Å². The second-order valence-electron chi connectivity index (χ2n) is 4.09. The average Bonchev–Trinajstić information content (AvgIpc) is 2.78. The minimum Gasteiger partial charge on any atom is -0.495 e. The Kier molecular flexibility index (Phi) is 4.87. The molecule has 0 atom stereocenters. The quantitative estimate of drug-likeness (QED) is 0.850. The number of nitrogens with zero attached hydrogens (tertiary/aromatic N) is 2. The van der Waals surface area contributed by atoms with Gasteiger partial charge < -0.3 is 10.1 Å². The van der Waals surface area contributed by atoms with E-state index in [1.165, 1.54) is 5.69 Å². The van der Waals surface area contributed by atoms with Crippen LogP contribution in [0.3, 0.4) is 0 Å². The summed E-state index contributed by atoms with van der Waals surface area (Å²) in [5.41, 5.74) is 2.22. The van der Waals surface area contributed by atoms with Crippen LogP contribution in [0.4, 0.5) is 5.69 Å². The first kappa shape index (κ1) is 14.4. The monoisotopic (exact) mass is 387 g/mol. The molecule has 1 heterocycles. The van der Waals surface area contributed by atoms with Crippen LogP contribution < -0.4 is 10.1 Å². The number of hydrogen-bond acceptors (Lipinski definition) is 3. The first-order chi connectivity index (χ1) is 9.11. The van der Waals surface area contributed by atoms with Gasteiger partial charge in [0.25, 0.3) is 0 Å². The summed E-state index contributed by atoms with van der Waals surface area (Å²) in [6.07, 6.45) is 2.73. The lowest BCUT2D eigenvalue weighted by Crippen LogP contribution is -2.08. The summed E-state index contributed by atoms with van der Waals surface area (Å²) in [6, 6.07) is 5.97. The van der Waals surface area contributed by atoms with Crippen LogP contribution in [0.2, 0.25) is 0 Å². The summed E-state index contributed by atoms with van der Waals surface area (Å²) in [6.45, 7) is 0.836. The van der Waals surface area contributed by atoms with Gasteiger partial charge in [-0.3, -0.25) is 4.68 Å². The lowest BCUT2D eigenvalue weighted by atomic mass is 10.2. The third-order valence-electron chi connectivity index (χ3n) is 2.86. The Morgan fingerprint density at radius 2 is 2.11 bits per heavy atom. The van der Waals surface area contributed by atoms with E-state index in [4.69, 9.17) is 4.74 Å². The van der Waals surface area contributed by atoms with Crippen molar-refractivity contribution in [1.82, 2.24) is 9.78 Å². The summed E-state index contributed by atoms with van der Waals surface area (Å²) >= 11 is 6.99. The van der Waals surface area contributed by atoms with Crippen molar-refractivity contribution in [3.8, 4) is 5.75 Å². The maximum absolute atomic E-state index is 5.29. The lowest BCUT2D eigenvalue weighted by Gasteiger charge is -2.12. The van der Waals surface area contributed by atoms with Crippen LogP contribution in [-0.4, -0.2) is 23.4 Å². The molecule has 0 fully saturated rings. The second kappa shape index (κ2) is 6.43. The largest absolute Gasteiger partial charge is 0.495 e. The number of rotatable bonds is 5. The van der Waals surface area contributed by atoms with Gasteiger partial charge in [-0.1, -0.05) is 0 Å². The fourth-order valence-electron chi connectivity index (χ4n) is 1.79. The number of hydrogen-bond donors (Lipinski definition) is 1. The molecule has 1 N–H and O–H groups in total. The van der Waals surface area contributed by atoms with Crippen molar-refractivity contribution in [3.63, 3.8) is 0 Å². The third-order valence-corrected chi connectivity index (χ3v) is 4.14. The van der Waals surface area contributed by atoms with Gasteiger partial charge in [0.15, 0.2) is 0 Å². The van der Waals surface area contributed by atoms with Crippen LogP contribution >= 0.6 is 31.9 Å². The predicted octanol–water partition coefficient (Wildman–Crippen LogP) is 3.61. The average molecular weight is 389 g/mol. The maximum Gasteiger partial charge on any atom is 0.135 e. The fraction of sp³-hybridized carbons (Fsp3) is 0.308. The van der Waals surface area contributed by atoms with Gasteiger partial charge in [0, 0.05) is 42.4 Å². The normalized spacial score (nSPS) is 10.5. The van der Waals surface area contributed by atoms with Gasteiger partial charge in [0.2, 0.25) is 0 Å². The lowest BCUT2D eigenvalue weighted by molar-refractivity contribution is 0.412. The molecule has 0 amide bonds. The predicted molar refractivity (Wildman–Crippen MR) is 83.8 cm³/mol. The van der Waals surface area contributed by atoms with Crippen molar-refractivity contribution in [2.24, 2.45) is 7.05 Å². The molecule has 0 saturated carbocycles. The standard InChI is InChI=1S/C13H15Br2N3O/c1-18-9(4-6-17-18)3-5-16-12-8-13(19-2)11(15)7-10(12)14/h4,6-8,16H,3,5H2,1-2H3. The molecule has 0 bridgehead atoms. The molecule has 1 aromatic heterocycles. The number of benzene rings is 1. The van der Waals surface area contributed by atoms with E-state index < -0.39 is 0 Å². The molecule has 0 radical (unpaired) electrons. The number of aromatic nitrogens is 2. The number of ether oxygens (including phenoxy) is 1. The molecule has 19 heavy (non-hydrogen) atoms. The molecule has 2 aromatic rings. The SMILES string of the molecule is COc1cc(NCCc2ccnn2C)c(Br)cc1Br. The van der Waals surface area contributed by atoms with Crippen LogP contribution in [0.15, 0.2) is 33.3 Å². The summed E-state index contributed by atoms with van der Waals surface area (Å²) in [5, 5.41) is 7.54. The van der Waals surface area contributed by atoms with E-state index >= 15 is 0 Å². The second-order valence-corrected chi connectivity index (χ2v) is 5.80. The number of nitrogens with one attached hydrogen (secondary N) is 1. The molecule has 0 aliphatic carbocycles. The molecule has 0 aliphatic heterocycles. The molecule has 6 heteroatoms. The molecule has 0 aliphatic rings. The van der Waals surface area contributed by atoms with Gasteiger partial charge in [-0.2, -0.15) is 5.10 Å². The van der Waals surface area contributed by atoms with Crippen molar-refractivity contribution in [2.45, 2.75) is 6.42 Å². The van der Waals surface area contributed by atoms with E-state index in [-0.39, 0.29) is 0 Å². The highest BCUT2D eigenvalue weighted by Crippen LogP contribution is 2.34. The Morgan fingerprint density at radius 1 is 1.32 bits per heavy atom. The first-order valence-corrected chi connectivity index (χ1v) is 7.44. The van der Waals surface area contributed by atoms with Crippen LogP contribution in [-0.2, 0) is 13.5 Å². The number of methoxy groups -OCH3 is 1. The van der Waals surface area contributed by atoms with Crippen molar-refractivity contribution in [2.75, 3.05) is 19.0 Å². The van der Waals surface area contributed by atoms with Crippen molar-refractivity contribution in [1.29, 1.82) is 0 Å². The Hall–Kier alpha value is -1.01. The zero-order valence-corrected chi connectivity index (χ0v) is 14.0. The summed E-state index contributed by atoms with van der Waals surface area (Å²) in [7, 11) is 3.61. The van der Waals surface area contributed by atoms with Gasteiger partial charge in [-0.25, -0.2) is 0 Å². The molecule has 2 rings (SSSR count). The minimum atomic E-state index is 0.811. The highest BCUT2D eigenvalue weighted by Gasteiger charge is 2.07. The van der Waals surface area contributed by atoms with Crippen LogP contribution in [0.5, 0.6) is 5.75 Å². The van der Waals surface area contributed by atoms with Gasteiger partial charge in [0.05, 0.1) is 17.3 Å². The Labute approximate surface area is 129 Å². The Morgan fingerprint density at radius 3 is 2.74 bits per heavy atom. The molecule has 0 spiro atoms. The minimum absolute atomic E-state index is 0.811. The Bertz CT molecular complexity index is 569. The van der Waals surface area contributed by atoms with Gasteiger partial charge in [0.1, 0.15) is 5.75 Å². The van der Waals surface area contributed by atoms with E-state index in [9.17, 15) is 0 Å². The van der Waals surface area contributed by atoms with Gasteiger partial charge in [-0.05, 0) is 44.0 Å². The Balaban J connectivity index is 2.01. The van der Waals surface area contributed by atoms with Crippen LogP contribution in [0, 0.1) is 0 Å². The zero-order chi connectivity index (χ0) is 13.8. The van der Waals surface area contributed by atoms with E-state index in [2.05, 4.69) is 42.3 Å². The van der Waals surface area contributed by atoms with E-state index in [0.29, 0.717) is 0 Å². The molecule has 0 saturated heterocycles. The smallest absolute Gasteiger partial charge is 0.135 e. The fourth-order valence-corrected chi connectivity index (χ4v) is 3.09. The van der Waals surface area contributed by atoms with E-state index in [1.54, 1.807) is 7.11 Å². The zero-order valence-electron chi connectivity index (χ0n) is 10.8. The van der Waals surface area contributed by atoms with Crippen LogP contribution in [0.25, 0.3) is 0 Å². The topological polar surface area (TPSA) is 39.1 Å². The first-order valence-electron chi connectivity index (χ1n) is 5.85. The number of aryl methyl sites for hydroxylation is 1. The molecule has 4 nitrogen and oxygen atoms in total. The van der Waals surface area contributed by atoms with E-state index in [0.717, 1.165) is 33.3 Å². The van der Waals surface area contributed by atoms with Crippen molar-refractivity contribution in [3.05, 3.63) is 39.0 Å². The maximum atomic E-state index is 5.29. The molecule has 1 aromatic carbocycles. The van der Waals surface area contributed by atoms with E-state index in [1.807, 2.05) is 36.1 Å². The van der Waals surface area contributed by atoms with Gasteiger partial charge >= 0.3 is 0 Å². The summed E-state index contributed by atoms with van der Waals surface area (Å²) < 4.78 is 9.11. The highest BCUT2D eigenvalue weighted by atomic mass is 79.9. The third kappa shape index (κ3) is 3.51. The summed E-state index contributed by atoms with van der Waals surface area (Å²) in [4.78, 5) is 0. The summed E-state index contributed by atoms with van der Waals surface area (Å²) in [5.74, 6) is 0.811. The van der Waals surface area contributed by atoms with Gasteiger partial charge in [-0.15, -0.1) is 0 Å². The molecular formula is C13H15Br2N3O. The molecule has 102 valence electrons. The number of halogens is 2. The number of anilines is 1. The van der Waals surface area contributed by atoms with Crippen molar-refractivity contribution >= 4 is 37.5 Å². The van der Waals surface area contributed by atoms with Crippen LogP contribution in [0.1, 0.15) is 5.69 Å². The molecular weight excluding hydrogens is 374 g/mol. The molecule has 0 unspecified atom stereocenters.